The van der Waals surface area contributed by atoms with E-state index in [1.807, 2.05) is 0 Å². The predicted molar refractivity (Wildman–Crippen MR) is 68.8 cm³/mol. The summed E-state index contributed by atoms with van der Waals surface area (Å²) in [4.78, 5) is 23.6. The third-order valence-electron chi connectivity index (χ3n) is 2.95. The molecule has 1 aliphatic rings. The van der Waals surface area contributed by atoms with E-state index in [1.54, 1.807) is 6.07 Å². The maximum atomic E-state index is 11.2. The van der Waals surface area contributed by atoms with Crippen molar-refractivity contribution in [3.63, 3.8) is 0 Å². The minimum atomic E-state index is -0.459. The average molecular weight is 249 g/mol. The number of amides is 1. The molecule has 0 unspecified atom stereocenters. The van der Waals surface area contributed by atoms with Gasteiger partial charge in [-0.05, 0) is 18.9 Å². The van der Waals surface area contributed by atoms with Crippen LogP contribution in [0.3, 0.4) is 0 Å². The number of rotatable bonds is 3. The number of nitrogens with one attached hydrogen (secondary N) is 1. The first-order chi connectivity index (χ1) is 8.58. The van der Waals surface area contributed by atoms with Gasteiger partial charge in [-0.15, -0.1) is 0 Å². The van der Waals surface area contributed by atoms with E-state index in [-0.39, 0.29) is 11.6 Å². The van der Waals surface area contributed by atoms with Gasteiger partial charge < -0.3 is 10.2 Å². The van der Waals surface area contributed by atoms with E-state index in [0.29, 0.717) is 5.69 Å². The molecule has 2 rings (SSSR count). The lowest BCUT2D eigenvalue weighted by Gasteiger charge is -2.21. The molecule has 18 heavy (non-hydrogen) atoms. The summed E-state index contributed by atoms with van der Waals surface area (Å²) in [6.45, 7) is 3.24. The smallest absolute Gasteiger partial charge is 0.271 e. The number of carbonyl (C=O) groups is 1. The lowest BCUT2D eigenvalue weighted by molar-refractivity contribution is -0.384. The second kappa shape index (κ2) is 5.03. The summed E-state index contributed by atoms with van der Waals surface area (Å²) >= 11 is 0. The lowest BCUT2D eigenvalue weighted by Crippen LogP contribution is -2.20. The molecule has 1 aromatic rings. The average Bonchev–Trinajstić information content (AvgIpc) is 2.81. The molecule has 0 aliphatic carbocycles. The van der Waals surface area contributed by atoms with Crippen LogP contribution in [0, 0.1) is 10.1 Å². The van der Waals surface area contributed by atoms with Crippen LogP contribution in [-0.2, 0) is 4.79 Å². The van der Waals surface area contributed by atoms with Gasteiger partial charge in [0.05, 0.1) is 16.3 Å². The summed E-state index contributed by atoms with van der Waals surface area (Å²) in [6.07, 6.45) is 2.22. The standard InChI is InChI=1S/C12H15N3O3/c1-9(16)13-11-8-10(15(17)18)4-5-12(11)14-6-2-3-7-14/h4-5,8H,2-3,6-7H2,1H3,(H,13,16). The minimum absolute atomic E-state index is 0.0123. The molecule has 0 atom stereocenters. The molecule has 1 N–H and O–H groups in total. The second-order valence-electron chi connectivity index (χ2n) is 4.33. The van der Waals surface area contributed by atoms with Crippen molar-refractivity contribution in [2.24, 2.45) is 0 Å². The summed E-state index contributed by atoms with van der Waals surface area (Å²) in [5.41, 5.74) is 1.36. The van der Waals surface area contributed by atoms with Gasteiger partial charge in [-0.2, -0.15) is 0 Å². The number of hydrogen-bond donors (Lipinski definition) is 1. The van der Waals surface area contributed by atoms with Crippen molar-refractivity contribution in [3.05, 3.63) is 28.3 Å². The Labute approximate surface area is 105 Å². The Morgan fingerprint density at radius 1 is 1.39 bits per heavy atom. The van der Waals surface area contributed by atoms with Crippen LogP contribution in [0.4, 0.5) is 17.1 Å². The largest absolute Gasteiger partial charge is 0.370 e. The maximum Gasteiger partial charge on any atom is 0.271 e. The normalized spacial score (nSPS) is 14.6. The fourth-order valence-corrected chi connectivity index (χ4v) is 2.16. The summed E-state index contributed by atoms with van der Waals surface area (Å²) in [5, 5.41) is 13.4. The molecule has 1 aliphatic heterocycles. The first-order valence-electron chi connectivity index (χ1n) is 5.89. The topological polar surface area (TPSA) is 75.5 Å². The zero-order valence-corrected chi connectivity index (χ0v) is 10.2. The summed E-state index contributed by atoms with van der Waals surface area (Å²) in [6, 6.07) is 4.59. The Balaban J connectivity index is 2.37. The van der Waals surface area contributed by atoms with Crippen LogP contribution in [0.1, 0.15) is 19.8 Å². The van der Waals surface area contributed by atoms with Crippen LogP contribution >= 0.6 is 0 Å². The van der Waals surface area contributed by atoms with Gasteiger partial charge in [0.25, 0.3) is 5.69 Å². The fourth-order valence-electron chi connectivity index (χ4n) is 2.16. The Morgan fingerprint density at radius 3 is 2.61 bits per heavy atom. The molecule has 1 saturated heterocycles. The molecule has 1 fully saturated rings. The van der Waals surface area contributed by atoms with Gasteiger partial charge >= 0.3 is 0 Å². The van der Waals surface area contributed by atoms with Gasteiger partial charge in [0.15, 0.2) is 0 Å². The monoisotopic (exact) mass is 249 g/mol. The zero-order valence-electron chi connectivity index (χ0n) is 10.2. The number of nitro groups is 1. The molecular formula is C12H15N3O3. The number of non-ortho nitro benzene ring substituents is 1. The van der Waals surface area contributed by atoms with Crippen LogP contribution in [0.5, 0.6) is 0 Å². The highest BCUT2D eigenvalue weighted by Crippen LogP contribution is 2.32. The molecule has 96 valence electrons. The molecule has 0 radical (unpaired) electrons. The van der Waals surface area contributed by atoms with Crippen LogP contribution in [-0.4, -0.2) is 23.9 Å². The van der Waals surface area contributed by atoms with Crippen molar-refractivity contribution >= 4 is 23.0 Å². The molecule has 1 aromatic carbocycles. The van der Waals surface area contributed by atoms with Gasteiger partial charge in [0.1, 0.15) is 0 Å². The van der Waals surface area contributed by atoms with Crippen molar-refractivity contribution in [3.8, 4) is 0 Å². The van der Waals surface area contributed by atoms with Crippen LogP contribution in [0.2, 0.25) is 0 Å². The summed E-state index contributed by atoms with van der Waals surface area (Å²) in [7, 11) is 0. The van der Waals surface area contributed by atoms with Crippen molar-refractivity contribution in [2.75, 3.05) is 23.3 Å². The molecule has 6 nitrogen and oxygen atoms in total. The lowest BCUT2D eigenvalue weighted by atomic mass is 10.2. The Kier molecular flexibility index (Phi) is 3.45. The molecule has 0 aromatic heterocycles. The minimum Gasteiger partial charge on any atom is -0.370 e. The van der Waals surface area contributed by atoms with Gasteiger partial charge in [-0.3, -0.25) is 14.9 Å². The highest BCUT2D eigenvalue weighted by molar-refractivity contribution is 5.93. The van der Waals surface area contributed by atoms with Crippen molar-refractivity contribution in [2.45, 2.75) is 19.8 Å². The molecule has 1 heterocycles. The maximum absolute atomic E-state index is 11.2. The third kappa shape index (κ3) is 2.58. The third-order valence-corrected chi connectivity index (χ3v) is 2.95. The van der Waals surface area contributed by atoms with Gasteiger partial charge in [-0.1, -0.05) is 0 Å². The van der Waals surface area contributed by atoms with E-state index >= 15 is 0 Å². The van der Waals surface area contributed by atoms with Gasteiger partial charge in [0, 0.05) is 32.1 Å². The van der Waals surface area contributed by atoms with E-state index < -0.39 is 4.92 Å². The Bertz CT molecular complexity index is 481. The number of hydrogen-bond acceptors (Lipinski definition) is 4. The van der Waals surface area contributed by atoms with E-state index in [1.165, 1.54) is 19.1 Å². The Hall–Kier alpha value is -2.11. The van der Waals surface area contributed by atoms with Crippen molar-refractivity contribution in [1.29, 1.82) is 0 Å². The summed E-state index contributed by atoms with van der Waals surface area (Å²) in [5.74, 6) is -0.226. The highest BCUT2D eigenvalue weighted by Gasteiger charge is 2.19. The quantitative estimate of drug-likeness (QED) is 0.657. The second-order valence-corrected chi connectivity index (χ2v) is 4.33. The first-order valence-corrected chi connectivity index (χ1v) is 5.89. The SMILES string of the molecule is CC(=O)Nc1cc([N+](=O)[O-])ccc1N1CCCC1. The van der Waals surface area contributed by atoms with Crippen molar-refractivity contribution < 1.29 is 9.72 Å². The van der Waals surface area contributed by atoms with Crippen LogP contribution in [0.25, 0.3) is 0 Å². The first kappa shape index (κ1) is 12.3. The number of carbonyl (C=O) groups excluding carboxylic acids is 1. The molecule has 1 amide bonds. The number of nitrogens with zero attached hydrogens (tertiary/aromatic N) is 2. The van der Waals surface area contributed by atoms with E-state index in [2.05, 4.69) is 10.2 Å². The van der Waals surface area contributed by atoms with Crippen LogP contribution < -0.4 is 10.2 Å². The van der Waals surface area contributed by atoms with E-state index in [4.69, 9.17) is 0 Å². The summed E-state index contributed by atoms with van der Waals surface area (Å²) < 4.78 is 0. The van der Waals surface area contributed by atoms with Crippen LogP contribution in [0.15, 0.2) is 18.2 Å². The highest BCUT2D eigenvalue weighted by atomic mass is 16.6. The van der Waals surface area contributed by atoms with E-state index in [0.717, 1.165) is 31.6 Å². The molecule has 6 heteroatoms. The van der Waals surface area contributed by atoms with E-state index in [9.17, 15) is 14.9 Å². The molecule has 0 bridgehead atoms. The van der Waals surface area contributed by atoms with Crippen molar-refractivity contribution in [1.82, 2.24) is 0 Å². The van der Waals surface area contributed by atoms with Gasteiger partial charge in [-0.25, -0.2) is 0 Å². The fraction of sp³-hybridized carbons (Fsp3) is 0.417. The number of nitro benzene ring substituents is 1. The number of benzene rings is 1. The zero-order chi connectivity index (χ0) is 13.1. The Morgan fingerprint density at radius 2 is 2.06 bits per heavy atom. The molecular weight excluding hydrogens is 234 g/mol. The predicted octanol–water partition coefficient (Wildman–Crippen LogP) is 2.15. The number of anilines is 2. The van der Waals surface area contributed by atoms with Gasteiger partial charge in [0.2, 0.25) is 5.91 Å². The molecule has 0 spiro atoms. The molecule has 0 saturated carbocycles.